The molecule has 0 radical (unpaired) electrons. The Hall–Kier alpha value is -2.19. The molecule has 0 unspecified atom stereocenters. The molecule has 0 amide bonds. The summed E-state index contributed by atoms with van der Waals surface area (Å²) in [5.41, 5.74) is 5.85. The normalized spacial score (nSPS) is 18.1. The molecule has 118 valence electrons. The van der Waals surface area contributed by atoms with E-state index in [1.807, 2.05) is 42.5 Å². The molecule has 0 bridgehead atoms. The Labute approximate surface area is 150 Å². The minimum absolute atomic E-state index is 0.105. The molecule has 2 aliphatic carbocycles. The van der Waals surface area contributed by atoms with Crippen LogP contribution >= 0.6 is 15.9 Å². The van der Waals surface area contributed by atoms with Gasteiger partial charge in [-0.05, 0) is 40.5 Å². The minimum atomic E-state index is -0.171. The monoisotopic (exact) mass is 376 g/mol. The van der Waals surface area contributed by atoms with E-state index in [-0.39, 0.29) is 11.2 Å². The van der Waals surface area contributed by atoms with E-state index in [4.69, 9.17) is 0 Å². The zero-order chi connectivity index (χ0) is 16.9. The van der Waals surface area contributed by atoms with Gasteiger partial charge in [0.15, 0.2) is 5.78 Å². The fraction of sp³-hybridized carbons (Fsp3) is 0.136. The second-order valence-electron chi connectivity index (χ2n) is 6.77. The van der Waals surface area contributed by atoms with Crippen molar-refractivity contribution in [3.8, 4) is 0 Å². The Morgan fingerprint density at radius 3 is 2.50 bits per heavy atom. The second kappa shape index (κ2) is 5.42. The Balaban J connectivity index is 1.90. The Morgan fingerprint density at radius 1 is 0.917 bits per heavy atom. The van der Waals surface area contributed by atoms with Crippen LogP contribution in [0.15, 0.2) is 76.3 Å². The molecule has 2 aliphatic rings. The van der Waals surface area contributed by atoms with Crippen LogP contribution in [0.3, 0.4) is 0 Å². The van der Waals surface area contributed by atoms with Crippen molar-refractivity contribution in [2.45, 2.75) is 19.3 Å². The predicted molar refractivity (Wildman–Crippen MR) is 103 cm³/mol. The summed E-state index contributed by atoms with van der Waals surface area (Å²) < 4.78 is 0.978. The van der Waals surface area contributed by atoms with Crippen LogP contribution in [0.2, 0.25) is 0 Å². The molecule has 2 heteroatoms. The molecule has 0 aliphatic heterocycles. The molecule has 0 atom stereocenters. The molecule has 2 aromatic rings. The zero-order valence-corrected chi connectivity index (χ0v) is 15.2. The number of halogens is 1. The third kappa shape index (κ3) is 2.25. The summed E-state index contributed by atoms with van der Waals surface area (Å²) in [6.07, 6.45) is 6.12. The maximum Gasteiger partial charge on any atom is 0.193 e. The third-order valence-electron chi connectivity index (χ3n) is 4.94. The van der Waals surface area contributed by atoms with Gasteiger partial charge in [0, 0.05) is 21.0 Å². The third-order valence-corrected chi connectivity index (χ3v) is 5.43. The molecule has 4 rings (SSSR count). The summed E-state index contributed by atoms with van der Waals surface area (Å²) in [5, 5.41) is 0. The van der Waals surface area contributed by atoms with Gasteiger partial charge in [-0.25, -0.2) is 0 Å². The Bertz CT molecular complexity index is 957. The number of fused-ring (bicyclic) bond motifs is 2. The van der Waals surface area contributed by atoms with Crippen LogP contribution in [0.1, 0.15) is 30.5 Å². The number of allylic oxidation sites excluding steroid dienone is 5. The number of carbonyl (C=O) groups excluding carboxylic acids is 1. The molecule has 0 N–H and O–H groups in total. The minimum Gasteiger partial charge on any atom is -0.289 e. The van der Waals surface area contributed by atoms with Crippen molar-refractivity contribution in [1.82, 2.24) is 0 Å². The first kappa shape index (κ1) is 15.3. The summed E-state index contributed by atoms with van der Waals surface area (Å²) in [6, 6.07) is 16.2. The molecule has 0 spiro atoms. The van der Waals surface area contributed by atoms with Gasteiger partial charge in [-0.3, -0.25) is 4.79 Å². The number of carbonyl (C=O) groups is 1. The average molecular weight is 377 g/mol. The summed E-state index contributed by atoms with van der Waals surface area (Å²) in [5.74, 6) is 0.105. The Morgan fingerprint density at radius 2 is 1.71 bits per heavy atom. The van der Waals surface area contributed by atoms with E-state index in [1.165, 1.54) is 5.56 Å². The fourth-order valence-corrected chi connectivity index (χ4v) is 4.06. The maximum atomic E-state index is 13.2. The van der Waals surface area contributed by atoms with Gasteiger partial charge in [0.25, 0.3) is 0 Å². The SMILES string of the molecule is CC1(C)C2=CC=C(c3cccc(Br)c3)C(=O)C2=Cc2ccccc21. The predicted octanol–water partition coefficient (Wildman–Crippen LogP) is 5.72. The summed E-state index contributed by atoms with van der Waals surface area (Å²) in [6.45, 7) is 4.38. The highest BCUT2D eigenvalue weighted by atomic mass is 79.9. The second-order valence-corrected chi connectivity index (χ2v) is 7.69. The van der Waals surface area contributed by atoms with Gasteiger partial charge in [-0.2, -0.15) is 0 Å². The van der Waals surface area contributed by atoms with Gasteiger partial charge in [0.1, 0.15) is 0 Å². The molecular weight excluding hydrogens is 360 g/mol. The Kier molecular flexibility index (Phi) is 3.47. The largest absolute Gasteiger partial charge is 0.289 e. The number of ketones is 1. The molecule has 0 fully saturated rings. The molecule has 24 heavy (non-hydrogen) atoms. The van der Waals surface area contributed by atoms with Gasteiger partial charge < -0.3 is 0 Å². The quantitative estimate of drug-likeness (QED) is 0.622. The van der Waals surface area contributed by atoms with Crippen molar-refractivity contribution in [3.05, 3.63) is 93.0 Å². The number of hydrogen-bond acceptors (Lipinski definition) is 1. The molecule has 2 aromatic carbocycles. The van der Waals surface area contributed by atoms with Crippen LogP contribution in [0.5, 0.6) is 0 Å². The molecule has 0 saturated heterocycles. The van der Waals surface area contributed by atoms with Crippen molar-refractivity contribution >= 4 is 33.4 Å². The maximum absolute atomic E-state index is 13.2. The molecule has 0 aromatic heterocycles. The van der Waals surface area contributed by atoms with Crippen molar-refractivity contribution < 1.29 is 4.79 Å². The zero-order valence-electron chi connectivity index (χ0n) is 13.6. The van der Waals surface area contributed by atoms with Crippen molar-refractivity contribution in [2.75, 3.05) is 0 Å². The van der Waals surface area contributed by atoms with Gasteiger partial charge >= 0.3 is 0 Å². The molecule has 0 saturated carbocycles. The van der Waals surface area contributed by atoms with E-state index >= 15 is 0 Å². The summed E-state index contributed by atoms with van der Waals surface area (Å²) in [4.78, 5) is 13.2. The summed E-state index contributed by atoms with van der Waals surface area (Å²) >= 11 is 3.49. The first-order chi connectivity index (χ1) is 11.5. The van der Waals surface area contributed by atoms with Crippen LogP contribution in [0.4, 0.5) is 0 Å². The van der Waals surface area contributed by atoms with Crippen molar-refractivity contribution in [1.29, 1.82) is 0 Å². The molecule has 1 nitrogen and oxygen atoms in total. The highest BCUT2D eigenvalue weighted by molar-refractivity contribution is 9.10. The number of rotatable bonds is 1. The molecule has 0 heterocycles. The van der Waals surface area contributed by atoms with E-state index in [1.54, 1.807) is 0 Å². The van der Waals surface area contributed by atoms with E-state index in [0.717, 1.165) is 32.3 Å². The number of Topliss-reactive ketones (excluding diaryl/α,β-unsaturated/α-hetero) is 1. The van der Waals surface area contributed by atoms with Gasteiger partial charge in [-0.15, -0.1) is 0 Å². The summed E-state index contributed by atoms with van der Waals surface area (Å²) in [7, 11) is 0. The topological polar surface area (TPSA) is 17.1 Å². The number of benzene rings is 2. The lowest BCUT2D eigenvalue weighted by Gasteiger charge is -2.36. The van der Waals surface area contributed by atoms with Crippen LogP contribution in [0.25, 0.3) is 11.6 Å². The van der Waals surface area contributed by atoms with Crippen LogP contribution in [-0.4, -0.2) is 5.78 Å². The highest BCUT2D eigenvalue weighted by Crippen LogP contribution is 2.46. The van der Waals surface area contributed by atoms with Crippen LogP contribution < -0.4 is 0 Å². The van der Waals surface area contributed by atoms with E-state index < -0.39 is 0 Å². The first-order valence-corrected chi connectivity index (χ1v) is 8.82. The molecular formula is C22H17BrO. The van der Waals surface area contributed by atoms with Crippen molar-refractivity contribution in [2.24, 2.45) is 0 Å². The smallest absolute Gasteiger partial charge is 0.193 e. The van der Waals surface area contributed by atoms with Crippen LogP contribution in [-0.2, 0) is 10.2 Å². The van der Waals surface area contributed by atoms with E-state index in [2.05, 4.69) is 54.1 Å². The lowest BCUT2D eigenvalue weighted by atomic mass is 9.66. The van der Waals surface area contributed by atoms with E-state index in [0.29, 0.717) is 0 Å². The van der Waals surface area contributed by atoms with E-state index in [9.17, 15) is 4.79 Å². The van der Waals surface area contributed by atoms with Gasteiger partial charge in [0.05, 0.1) is 0 Å². The number of hydrogen-bond donors (Lipinski definition) is 0. The standard InChI is InChI=1S/C22H17BrO/c1-22(2)19-9-4-3-6-15(19)13-18-20(22)11-10-17(21(18)24)14-7-5-8-16(23)12-14/h3-13H,1-2H3. The lowest BCUT2D eigenvalue weighted by molar-refractivity contribution is -0.110. The fourth-order valence-electron chi connectivity index (χ4n) is 3.66. The van der Waals surface area contributed by atoms with Crippen molar-refractivity contribution in [3.63, 3.8) is 0 Å². The van der Waals surface area contributed by atoms with Gasteiger partial charge in [0.2, 0.25) is 0 Å². The van der Waals surface area contributed by atoms with Gasteiger partial charge in [-0.1, -0.05) is 78.3 Å². The lowest BCUT2D eigenvalue weighted by Crippen LogP contribution is -2.30. The average Bonchev–Trinajstić information content (AvgIpc) is 2.56. The first-order valence-electron chi connectivity index (χ1n) is 8.03. The highest BCUT2D eigenvalue weighted by Gasteiger charge is 2.37. The van der Waals surface area contributed by atoms with Crippen LogP contribution in [0, 0.1) is 0 Å².